The van der Waals surface area contributed by atoms with Gasteiger partial charge >= 0.3 is 0 Å². The van der Waals surface area contributed by atoms with E-state index in [0.29, 0.717) is 60.6 Å². The zero-order valence-corrected chi connectivity index (χ0v) is 24.2. The molecule has 0 spiro atoms. The Morgan fingerprint density at radius 2 is 1.79 bits per heavy atom. The fraction of sp³-hybridized carbons (Fsp3) is 0.429. The number of benzene rings is 2. The fourth-order valence-electron chi connectivity index (χ4n) is 5.30. The molecule has 2 aliphatic heterocycles. The summed E-state index contributed by atoms with van der Waals surface area (Å²) >= 11 is 0. The van der Waals surface area contributed by atoms with Gasteiger partial charge in [0.1, 0.15) is 11.6 Å². The third-order valence-electron chi connectivity index (χ3n) is 7.54. The number of aromatic nitrogens is 2. The van der Waals surface area contributed by atoms with Crippen molar-refractivity contribution in [3.05, 3.63) is 64.9 Å². The number of halogens is 2. The quantitative estimate of drug-likeness (QED) is 0.216. The van der Waals surface area contributed by atoms with Gasteiger partial charge in [0.2, 0.25) is 10.0 Å². The van der Waals surface area contributed by atoms with Gasteiger partial charge in [-0.25, -0.2) is 17.2 Å². The number of carbonyl (C=O) groups is 1. The number of ether oxygens (including phenoxy) is 1. The molecule has 0 atom stereocenters. The summed E-state index contributed by atoms with van der Waals surface area (Å²) in [5.41, 5.74) is 2.67. The first-order valence-corrected chi connectivity index (χ1v) is 15.4. The van der Waals surface area contributed by atoms with E-state index in [1.165, 1.54) is 0 Å². The van der Waals surface area contributed by atoms with E-state index >= 15 is 0 Å². The molecular weight excluding hydrogens is 586 g/mol. The van der Waals surface area contributed by atoms with Crippen LogP contribution in [0.15, 0.2) is 41.3 Å². The van der Waals surface area contributed by atoms with Crippen LogP contribution in [0.3, 0.4) is 0 Å². The Morgan fingerprint density at radius 3 is 2.47 bits per heavy atom. The molecular formula is C28H34F2N6O6S. The number of hydrogen-bond acceptors (Lipinski definition) is 9. The van der Waals surface area contributed by atoms with Gasteiger partial charge in [-0.3, -0.25) is 9.89 Å². The maximum absolute atomic E-state index is 13.8. The van der Waals surface area contributed by atoms with Crippen molar-refractivity contribution in [3.63, 3.8) is 0 Å². The lowest BCUT2D eigenvalue weighted by atomic mass is 10.1. The number of sulfonamides is 1. The molecule has 3 aromatic rings. The molecule has 5 rings (SSSR count). The van der Waals surface area contributed by atoms with Crippen LogP contribution in [0.5, 0.6) is 0 Å². The Labute approximate surface area is 247 Å². The summed E-state index contributed by atoms with van der Waals surface area (Å²) in [5.74, 6) is -2.34. The first kappa shape index (κ1) is 30.8. The van der Waals surface area contributed by atoms with Gasteiger partial charge in [-0.15, -0.1) is 0 Å². The first-order valence-electron chi connectivity index (χ1n) is 14.0. The van der Waals surface area contributed by atoms with Gasteiger partial charge in [-0.2, -0.15) is 9.40 Å². The summed E-state index contributed by atoms with van der Waals surface area (Å²) in [6.45, 7) is 1.43. The van der Waals surface area contributed by atoms with Gasteiger partial charge in [-0.1, -0.05) is 0 Å². The molecule has 12 nitrogen and oxygen atoms in total. The normalized spacial score (nSPS) is 16.1. The van der Waals surface area contributed by atoms with E-state index in [-0.39, 0.29) is 44.6 Å². The molecule has 1 amide bonds. The van der Waals surface area contributed by atoms with Crippen molar-refractivity contribution < 1.29 is 36.9 Å². The van der Waals surface area contributed by atoms with E-state index in [1.54, 1.807) is 23.1 Å². The van der Waals surface area contributed by atoms with E-state index < -0.39 is 32.5 Å². The minimum atomic E-state index is -4.23. The van der Waals surface area contributed by atoms with Gasteiger partial charge in [0, 0.05) is 80.6 Å². The van der Waals surface area contributed by atoms with Gasteiger partial charge in [-0.05, 0) is 43.2 Å². The van der Waals surface area contributed by atoms with Crippen LogP contribution in [0, 0.1) is 11.6 Å². The molecule has 0 saturated carbocycles. The average Bonchev–Trinajstić information content (AvgIpc) is 3.39. The first-order chi connectivity index (χ1) is 20.7. The van der Waals surface area contributed by atoms with Crippen LogP contribution in [0.25, 0.3) is 0 Å². The van der Waals surface area contributed by atoms with Gasteiger partial charge < -0.3 is 30.5 Å². The Morgan fingerprint density at radius 1 is 1.09 bits per heavy atom. The van der Waals surface area contributed by atoms with Crippen LogP contribution in [0.1, 0.15) is 34.5 Å². The summed E-state index contributed by atoms with van der Waals surface area (Å²) < 4.78 is 60.6. The minimum Gasteiger partial charge on any atom is -0.395 e. The molecule has 3 heterocycles. The predicted octanol–water partition coefficient (Wildman–Crippen LogP) is 2.07. The van der Waals surface area contributed by atoms with Gasteiger partial charge in [0.25, 0.3) is 5.91 Å². The number of rotatable bonds is 11. The molecule has 5 N–H and O–H groups in total. The van der Waals surface area contributed by atoms with Crippen molar-refractivity contribution in [2.75, 3.05) is 61.6 Å². The fourth-order valence-corrected chi connectivity index (χ4v) is 6.75. The maximum Gasteiger partial charge on any atom is 0.258 e. The lowest BCUT2D eigenvalue weighted by Crippen LogP contribution is -2.36. The molecule has 2 aliphatic rings. The van der Waals surface area contributed by atoms with E-state index in [4.69, 9.17) is 4.74 Å². The number of nitrogens with one attached hydrogen (secondary N) is 3. The molecule has 15 heteroatoms. The molecule has 0 unspecified atom stereocenters. The maximum atomic E-state index is 13.8. The number of aliphatic hydroxyl groups excluding tert-OH is 2. The SMILES string of the molecule is O=C(Nc1n[nH]c2c1CN(S(=O)(=O)c1cc(F)cc(F)c1)CC2)c1ccc(N(CCO)CCO)cc1NC1CCOCC1. The van der Waals surface area contributed by atoms with Crippen molar-refractivity contribution in [3.8, 4) is 0 Å². The number of anilines is 3. The molecule has 1 saturated heterocycles. The Bertz CT molecular complexity index is 1540. The van der Waals surface area contributed by atoms with E-state index in [0.717, 1.165) is 29.3 Å². The predicted molar refractivity (Wildman–Crippen MR) is 154 cm³/mol. The molecule has 0 radical (unpaired) electrons. The summed E-state index contributed by atoms with van der Waals surface area (Å²) in [7, 11) is -4.23. The van der Waals surface area contributed by atoms with Crippen molar-refractivity contribution in [2.45, 2.75) is 36.7 Å². The smallest absolute Gasteiger partial charge is 0.258 e. The zero-order valence-electron chi connectivity index (χ0n) is 23.4. The number of hydrogen-bond donors (Lipinski definition) is 5. The van der Waals surface area contributed by atoms with Crippen LogP contribution < -0.4 is 15.5 Å². The lowest BCUT2D eigenvalue weighted by Gasteiger charge is -2.28. The summed E-state index contributed by atoms with van der Waals surface area (Å²) in [6.07, 6.45) is 1.75. The average molecular weight is 621 g/mol. The highest BCUT2D eigenvalue weighted by Gasteiger charge is 2.32. The second kappa shape index (κ2) is 13.3. The second-order valence-corrected chi connectivity index (χ2v) is 12.3. The van der Waals surface area contributed by atoms with E-state index in [2.05, 4.69) is 20.8 Å². The molecule has 1 aromatic heterocycles. The third kappa shape index (κ3) is 6.96. The highest BCUT2D eigenvalue weighted by Crippen LogP contribution is 2.31. The molecule has 0 bridgehead atoms. The molecule has 1 fully saturated rings. The zero-order chi connectivity index (χ0) is 30.6. The Kier molecular flexibility index (Phi) is 9.56. The lowest BCUT2D eigenvalue weighted by molar-refractivity contribution is 0.0904. The highest BCUT2D eigenvalue weighted by atomic mass is 32.2. The highest BCUT2D eigenvalue weighted by molar-refractivity contribution is 7.89. The minimum absolute atomic E-state index is 0.0574. The Balaban J connectivity index is 1.40. The summed E-state index contributed by atoms with van der Waals surface area (Å²) in [4.78, 5) is 14.9. The standard InChI is InChI=1S/C28H34F2N6O6S/c29-18-13-19(30)15-22(14-18)43(40,41)36-6-3-25-24(17-36)27(34-33-25)32-28(39)23-2-1-21(35(7-9-37)8-10-38)16-26(23)31-20-4-11-42-12-5-20/h1-2,13-16,20,31,37-38H,3-12,17H2,(H2,32,33,34,39). The van der Waals surface area contributed by atoms with Gasteiger partial charge in [0.05, 0.1) is 23.7 Å². The summed E-state index contributed by atoms with van der Waals surface area (Å²) in [6, 6.07) is 7.36. The second-order valence-electron chi connectivity index (χ2n) is 10.4. The largest absolute Gasteiger partial charge is 0.395 e. The van der Waals surface area contributed by atoms with Crippen LogP contribution in [-0.2, 0) is 27.7 Å². The molecule has 43 heavy (non-hydrogen) atoms. The molecule has 2 aromatic carbocycles. The van der Waals surface area contributed by atoms with Crippen LogP contribution in [0.4, 0.5) is 26.0 Å². The van der Waals surface area contributed by atoms with Crippen molar-refractivity contribution >= 4 is 33.1 Å². The van der Waals surface area contributed by atoms with Crippen LogP contribution in [-0.4, -0.2) is 91.1 Å². The van der Waals surface area contributed by atoms with Crippen molar-refractivity contribution in [2.24, 2.45) is 0 Å². The third-order valence-corrected chi connectivity index (χ3v) is 9.36. The van der Waals surface area contributed by atoms with Gasteiger partial charge in [0.15, 0.2) is 5.82 Å². The van der Waals surface area contributed by atoms with Crippen molar-refractivity contribution in [1.82, 2.24) is 14.5 Å². The topological polar surface area (TPSA) is 160 Å². The number of fused-ring (bicyclic) bond motifs is 1. The van der Waals surface area contributed by atoms with Crippen LogP contribution in [0.2, 0.25) is 0 Å². The summed E-state index contributed by atoms with van der Waals surface area (Å²) in [5, 5.41) is 32.3. The molecule has 0 aliphatic carbocycles. The van der Waals surface area contributed by atoms with E-state index in [1.807, 2.05) is 0 Å². The van der Waals surface area contributed by atoms with Crippen molar-refractivity contribution in [1.29, 1.82) is 0 Å². The Hall–Kier alpha value is -3.63. The number of aliphatic hydroxyl groups is 2. The number of H-pyrrole nitrogens is 1. The number of aromatic amines is 1. The number of carbonyl (C=O) groups excluding carboxylic acids is 1. The monoisotopic (exact) mass is 620 g/mol. The van der Waals surface area contributed by atoms with Crippen LogP contribution >= 0.6 is 0 Å². The molecule has 232 valence electrons. The number of nitrogens with zero attached hydrogens (tertiary/aromatic N) is 3. The van der Waals surface area contributed by atoms with E-state index in [9.17, 15) is 32.2 Å². The number of amides is 1.